The third kappa shape index (κ3) is 7.13. The Morgan fingerprint density at radius 2 is 1.66 bits per heavy atom. The van der Waals surface area contributed by atoms with Gasteiger partial charge in [-0.2, -0.15) is 15.5 Å². The Balaban J connectivity index is 1.79. The molecule has 0 bridgehead atoms. The number of hydrogen-bond donors (Lipinski definition) is 0. The Labute approximate surface area is 185 Å². The highest BCUT2D eigenvalue weighted by Crippen LogP contribution is 2.27. The van der Waals surface area contributed by atoms with Crippen molar-refractivity contribution in [3.05, 3.63) is 54.1 Å². The predicted octanol–water partition coefficient (Wildman–Crippen LogP) is 6.14. The first kappa shape index (κ1) is 22.8. The molecule has 29 heavy (non-hydrogen) atoms. The van der Waals surface area contributed by atoms with Crippen LogP contribution in [-0.4, -0.2) is 23.6 Å². The largest absolute Gasteiger partial charge is 0.490 e. The van der Waals surface area contributed by atoms with E-state index in [1.54, 1.807) is 48.5 Å². The number of alkyl halides is 1. The smallest absolute Gasteiger partial charge is 0.312 e. The van der Waals surface area contributed by atoms with Gasteiger partial charge in [0.1, 0.15) is 19.0 Å². The summed E-state index contributed by atoms with van der Waals surface area (Å²) in [6, 6.07) is 16.1. The SMILES string of the molecule is CCCC(C)(CI)C(=O)OCCOc1ccc(N=Nc2ccc(C#N)cc2)cc1. The number of hydrogen-bond acceptors (Lipinski definition) is 6. The molecular weight excluding hydrogens is 481 g/mol. The molecule has 0 N–H and O–H groups in total. The minimum Gasteiger partial charge on any atom is -0.490 e. The van der Waals surface area contributed by atoms with Gasteiger partial charge in [-0.05, 0) is 61.9 Å². The molecule has 0 spiro atoms. The van der Waals surface area contributed by atoms with Crippen LogP contribution in [0.1, 0.15) is 32.3 Å². The molecule has 0 aliphatic rings. The highest BCUT2D eigenvalue weighted by atomic mass is 127. The lowest BCUT2D eigenvalue weighted by atomic mass is 9.88. The second kappa shape index (κ2) is 11.5. The first-order valence-electron chi connectivity index (χ1n) is 9.38. The summed E-state index contributed by atoms with van der Waals surface area (Å²) < 4.78 is 11.7. The predicted molar refractivity (Wildman–Crippen MR) is 120 cm³/mol. The summed E-state index contributed by atoms with van der Waals surface area (Å²) in [5.41, 5.74) is 1.51. The van der Waals surface area contributed by atoms with Crippen LogP contribution in [0.15, 0.2) is 58.8 Å². The lowest BCUT2D eigenvalue weighted by Gasteiger charge is -2.24. The van der Waals surface area contributed by atoms with Gasteiger partial charge in [0.05, 0.1) is 28.4 Å². The maximum atomic E-state index is 12.2. The average Bonchev–Trinajstić information content (AvgIpc) is 2.76. The number of carbonyl (C=O) groups is 1. The van der Waals surface area contributed by atoms with Gasteiger partial charge in [-0.1, -0.05) is 35.9 Å². The van der Waals surface area contributed by atoms with Crippen LogP contribution in [0, 0.1) is 16.7 Å². The van der Waals surface area contributed by atoms with Gasteiger partial charge in [-0.25, -0.2) is 0 Å². The van der Waals surface area contributed by atoms with E-state index in [2.05, 4.69) is 45.8 Å². The number of rotatable bonds is 10. The third-order valence-corrected chi connectivity index (χ3v) is 5.97. The number of nitrogens with zero attached hydrogens (tertiary/aromatic N) is 3. The van der Waals surface area contributed by atoms with E-state index in [-0.39, 0.29) is 12.6 Å². The summed E-state index contributed by atoms with van der Waals surface area (Å²) in [7, 11) is 0. The number of esters is 1. The van der Waals surface area contributed by atoms with E-state index in [9.17, 15) is 4.79 Å². The van der Waals surface area contributed by atoms with Crippen LogP contribution < -0.4 is 4.74 Å². The zero-order chi connectivity index (χ0) is 21.1. The Morgan fingerprint density at radius 1 is 1.07 bits per heavy atom. The molecule has 0 aliphatic carbocycles. The van der Waals surface area contributed by atoms with Crippen molar-refractivity contribution in [2.24, 2.45) is 15.6 Å². The van der Waals surface area contributed by atoms with Gasteiger partial charge in [0.15, 0.2) is 0 Å². The Hall–Kier alpha value is -2.47. The van der Waals surface area contributed by atoms with Crippen molar-refractivity contribution in [1.82, 2.24) is 0 Å². The first-order chi connectivity index (χ1) is 14.0. The van der Waals surface area contributed by atoms with Crippen LogP contribution in [0.4, 0.5) is 11.4 Å². The van der Waals surface area contributed by atoms with Gasteiger partial charge in [-0.3, -0.25) is 4.79 Å². The standard InChI is InChI=1S/C22H24IN3O3/c1-3-12-22(2,16-23)21(27)29-14-13-28-20-10-8-19(9-11-20)26-25-18-6-4-17(15-24)5-7-18/h4-11H,3,12-14,16H2,1-2H3. The molecular formula is C22H24IN3O3. The molecule has 0 saturated carbocycles. The lowest BCUT2D eigenvalue weighted by Crippen LogP contribution is -2.32. The van der Waals surface area contributed by atoms with E-state index in [0.717, 1.165) is 17.3 Å². The third-order valence-electron chi connectivity index (χ3n) is 4.29. The van der Waals surface area contributed by atoms with Gasteiger partial charge in [0.25, 0.3) is 0 Å². The van der Waals surface area contributed by atoms with E-state index >= 15 is 0 Å². The number of carbonyl (C=O) groups excluding carboxylic acids is 1. The van der Waals surface area contributed by atoms with E-state index < -0.39 is 5.41 Å². The molecule has 0 aromatic heterocycles. The Morgan fingerprint density at radius 3 is 2.17 bits per heavy atom. The second-order valence-corrected chi connectivity index (χ2v) is 7.54. The molecule has 1 unspecified atom stereocenters. The Kier molecular flexibility index (Phi) is 9.06. The highest BCUT2D eigenvalue weighted by molar-refractivity contribution is 14.1. The van der Waals surface area contributed by atoms with Crippen molar-refractivity contribution in [1.29, 1.82) is 5.26 Å². The maximum absolute atomic E-state index is 12.2. The summed E-state index contributed by atoms with van der Waals surface area (Å²) >= 11 is 2.23. The molecule has 1 atom stereocenters. The number of nitriles is 1. The second-order valence-electron chi connectivity index (χ2n) is 6.78. The molecule has 0 amide bonds. The molecule has 0 fully saturated rings. The van der Waals surface area contributed by atoms with Crippen molar-refractivity contribution in [2.45, 2.75) is 26.7 Å². The number of ether oxygens (including phenoxy) is 2. The normalized spacial score (nSPS) is 12.9. The van der Waals surface area contributed by atoms with Crippen molar-refractivity contribution in [3.63, 3.8) is 0 Å². The van der Waals surface area contributed by atoms with Gasteiger partial charge in [0.2, 0.25) is 0 Å². The zero-order valence-corrected chi connectivity index (χ0v) is 18.8. The van der Waals surface area contributed by atoms with Crippen molar-refractivity contribution >= 4 is 39.9 Å². The topological polar surface area (TPSA) is 84.0 Å². The first-order valence-corrected chi connectivity index (χ1v) is 10.9. The molecule has 0 aliphatic heterocycles. The van der Waals surface area contributed by atoms with Crippen molar-refractivity contribution < 1.29 is 14.3 Å². The van der Waals surface area contributed by atoms with Crippen LogP contribution in [0.5, 0.6) is 5.75 Å². The van der Waals surface area contributed by atoms with Crippen LogP contribution in [-0.2, 0) is 9.53 Å². The van der Waals surface area contributed by atoms with Gasteiger partial charge in [-0.15, -0.1) is 0 Å². The molecule has 2 rings (SSSR count). The van der Waals surface area contributed by atoms with Crippen LogP contribution in [0.2, 0.25) is 0 Å². The minimum absolute atomic E-state index is 0.170. The van der Waals surface area contributed by atoms with Crippen molar-refractivity contribution in [3.8, 4) is 11.8 Å². The number of benzene rings is 2. The molecule has 2 aromatic carbocycles. The molecule has 6 nitrogen and oxygen atoms in total. The summed E-state index contributed by atoms with van der Waals surface area (Å²) in [4.78, 5) is 12.2. The molecule has 0 heterocycles. The maximum Gasteiger partial charge on any atom is 0.312 e. The number of halogens is 1. The van der Waals surface area contributed by atoms with E-state index in [0.29, 0.717) is 29.3 Å². The number of azo groups is 1. The van der Waals surface area contributed by atoms with Gasteiger partial charge >= 0.3 is 5.97 Å². The average molecular weight is 505 g/mol. The summed E-state index contributed by atoms with van der Waals surface area (Å²) in [6.07, 6.45) is 1.76. The van der Waals surface area contributed by atoms with Gasteiger partial charge < -0.3 is 9.47 Å². The van der Waals surface area contributed by atoms with E-state index in [1.165, 1.54) is 0 Å². The van der Waals surface area contributed by atoms with E-state index in [4.69, 9.17) is 14.7 Å². The quantitative estimate of drug-likeness (QED) is 0.128. The summed E-state index contributed by atoms with van der Waals surface area (Å²) in [6.45, 7) is 4.52. The molecule has 7 heteroatoms. The van der Waals surface area contributed by atoms with Crippen LogP contribution >= 0.6 is 22.6 Å². The summed E-state index contributed by atoms with van der Waals surface area (Å²) in [5.74, 6) is 0.500. The summed E-state index contributed by atoms with van der Waals surface area (Å²) in [5, 5.41) is 17.1. The highest BCUT2D eigenvalue weighted by Gasteiger charge is 2.32. The molecule has 0 saturated heterocycles. The fraction of sp³-hybridized carbons (Fsp3) is 0.364. The molecule has 152 valence electrons. The fourth-order valence-corrected chi connectivity index (χ4v) is 3.26. The van der Waals surface area contributed by atoms with E-state index in [1.807, 2.05) is 6.92 Å². The Bertz CT molecular complexity index is 860. The van der Waals surface area contributed by atoms with Crippen LogP contribution in [0.25, 0.3) is 0 Å². The monoisotopic (exact) mass is 505 g/mol. The van der Waals surface area contributed by atoms with Gasteiger partial charge in [0, 0.05) is 4.43 Å². The van der Waals surface area contributed by atoms with Crippen LogP contribution in [0.3, 0.4) is 0 Å². The molecule has 0 radical (unpaired) electrons. The van der Waals surface area contributed by atoms with Crippen molar-refractivity contribution in [2.75, 3.05) is 17.6 Å². The zero-order valence-electron chi connectivity index (χ0n) is 16.6. The fourth-order valence-electron chi connectivity index (χ4n) is 2.57. The minimum atomic E-state index is -0.434. The lowest BCUT2D eigenvalue weighted by molar-refractivity contribution is -0.154. The molecule has 2 aromatic rings.